The lowest BCUT2D eigenvalue weighted by Crippen LogP contribution is -2.70. The van der Waals surface area contributed by atoms with Crippen LogP contribution in [-0.2, 0) is 14.8 Å². The zero-order valence-corrected chi connectivity index (χ0v) is 18.5. The van der Waals surface area contributed by atoms with Gasteiger partial charge in [-0.05, 0) is 0 Å². The topological polar surface area (TPSA) is 83.5 Å². The van der Waals surface area contributed by atoms with Gasteiger partial charge in [-0.25, -0.2) is 13.1 Å². The SMILES string of the molecule is C[N+](C)(CCNS(=O)(=O)CCC(F)(F)C(F)(F)C(F)(F)C(F)(F)C(F)(F)C(F)(F)F)CCC(=O)O. The molecule has 35 heavy (non-hydrogen) atoms. The monoisotopic (exact) mass is 571 g/mol. The Morgan fingerprint density at radius 1 is 0.771 bits per heavy atom. The van der Waals surface area contributed by atoms with Crippen LogP contribution in [0.5, 0.6) is 0 Å². The van der Waals surface area contributed by atoms with Gasteiger partial charge in [-0.15, -0.1) is 0 Å². The highest BCUT2D eigenvalue weighted by Gasteiger charge is 2.90. The maximum absolute atomic E-state index is 13.7. The van der Waals surface area contributed by atoms with Crippen LogP contribution in [0.3, 0.4) is 0 Å². The van der Waals surface area contributed by atoms with Crippen LogP contribution >= 0.6 is 0 Å². The first-order chi connectivity index (χ1) is 15.1. The van der Waals surface area contributed by atoms with Crippen LogP contribution in [0.15, 0.2) is 0 Å². The molecule has 0 aromatic carbocycles. The van der Waals surface area contributed by atoms with Crippen molar-refractivity contribution < 1.29 is 79.9 Å². The number of alkyl halides is 13. The maximum atomic E-state index is 13.7. The number of carboxylic acid groups (broad SMARTS) is 1. The van der Waals surface area contributed by atoms with Crippen molar-refractivity contribution >= 4 is 16.0 Å². The molecule has 0 radical (unpaired) electrons. The Morgan fingerprint density at radius 3 is 1.60 bits per heavy atom. The van der Waals surface area contributed by atoms with E-state index in [-0.39, 0.29) is 24.0 Å². The molecular weight excluding hydrogens is 551 g/mol. The highest BCUT2D eigenvalue weighted by molar-refractivity contribution is 7.89. The summed E-state index contributed by atoms with van der Waals surface area (Å²) in [5, 5.41) is 8.58. The maximum Gasteiger partial charge on any atom is 0.460 e. The molecule has 210 valence electrons. The predicted molar refractivity (Wildman–Crippen MR) is 91.3 cm³/mol. The van der Waals surface area contributed by atoms with E-state index in [0.717, 1.165) is 0 Å². The Kier molecular flexibility index (Phi) is 9.61. The smallest absolute Gasteiger partial charge is 0.460 e. The summed E-state index contributed by atoms with van der Waals surface area (Å²) < 4.78 is 194. The number of rotatable bonds is 14. The summed E-state index contributed by atoms with van der Waals surface area (Å²) >= 11 is 0. The van der Waals surface area contributed by atoms with E-state index in [4.69, 9.17) is 5.11 Å². The first-order valence-electron chi connectivity index (χ1n) is 9.05. The average molecular weight is 571 g/mol. The number of hydrogen-bond acceptors (Lipinski definition) is 3. The quantitative estimate of drug-likeness (QED) is 0.247. The van der Waals surface area contributed by atoms with Crippen LogP contribution in [0, 0.1) is 0 Å². The van der Waals surface area contributed by atoms with E-state index in [2.05, 4.69) is 0 Å². The summed E-state index contributed by atoms with van der Waals surface area (Å²) in [6.07, 6.45) is -10.8. The van der Waals surface area contributed by atoms with Crippen LogP contribution in [0.2, 0.25) is 0 Å². The Labute approximate surface area is 189 Å². The lowest BCUT2D eigenvalue weighted by atomic mass is 9.93. The Bertz CT molecular complexity index is 857. The fourth-order valence-corrected chi connectivity index (χ4v) is 3.38. The molecule has 0 saturated carbocycles. The molecule has 0 amide bonds. The third-order valence-electron chi connectivity index (χ3n) is 4.65. The molecule has 0 aromatic rings. The van der Waals surface area contributed by atoms with Gasteiger partial charge in [0.1, 0.15) is 0 Å². The van der Waals surface area contributed by atoms with Crippen LogP contribution < -0.4 is 4.72 Å². The van der Waals surface area contributed by atoms with E-state index < -0.39 is 70.5 Å². The lowest BCUT2D eigenvalue weighted by molar-refractivity contribution is -0.888. The minimum absolute atomic E-state index is 0.0484. The largest absolute Gasteiger partial charge is 0.481 e. The summed E-state index contributed by atoms with van der Waals surface area (Å²) in [5.41, 5.74) is 0. The molecule has 0 heterocycles. The van der Waals surface area contributed by atoms with Gasteiger partial charge in [0.25, 0.3) is 0 Å². The van der Waals surface area contributed by atoms with E-state index >= 15 is 0 Å². The average Bonchev–Trinajstić information content (AvgIpc) is 2.63. The van der Waals surface area contributed by atoms with E-state index in [1.165, 1.54) is 14.1 Å². The van der Waals surface area contributed by atoms with Crippen molar-refractivity contribution in [1.82, 2.24) is 4.72 Å². The molecule has 0 aliphatic carbocycles. The molecule has 0 aliphatic rings. The Balaban J connectivity index is 5.53. The van der Waals surface area contributed by atoms with Gasteiger partial charge in [0.2, 0.25) is 10.0 Å². The van der Waals surface area contributed by atoms with Crippen molar-refractivity contribution in [2.75, 3.05) is 39.5 Å². The summed E-state index contributed by atoms with van der Waals surface area (Å²) in [6, 6.07) is 0. The summed E-state index contributed by atoms with van der Waals surface area (Å²) in [6.45, 7) is -0.869. The van der Waals surface area contributed by atoms with Gasteiger partial charge in [0, 0.05) is 6.42 Å². The Morgan fingerprint density at radius 2 is 1.20 bits per heavy atom. The van der Waals surface area contributed by atoms with Crippen molar-refractivity contribution in [3.8, 4) is 0 Å². The number of halogens is 13. The van der Waals surface area contributed by atoms with Crippen LogP contribution in [0.4, 0.5) is 57.1 Å². The predicted octanol–water partition coefficient (Wildman–Crippen LogP) is 3.59. The normalized spacial score (nSPS) is 15.4. The number of quaternary nitrogens is 1. The second-order valence-electron chi connectivity index (χ2n) is 7.99. The Hall–Kier alpha value is -1.57. The van der Waals surface area contributed by atoms with Gasteiger partial charge in [-0.2, -0.15) is 57.1 Å². The van der Waals surface area contributed by atoms with Crippen LogP contribution in [-0.4, -0.2) is 99.2 Å². The van der Waals surface area contributed by atoms with Gasteiger partial charge >= 0.3 is 41.8 Å². The van der Waals surface area contributed by atoms with E-state index in [0.29, 0.717) is 0 Å². The van der Waals surface area contributed by atoms with Crippen molar-refractivity contribution in [2.45, 2.75) is 48.6 Å². The third-order valence-corrected chi connectivity index (χ3v) is 6.04. The second-order valence-corrected chi connectivity index (χ2v) is 9.92. The molecule has 0 fully saturated rings. The first-order valence-corrected chi connectivity index (χ1v) is 10.7. The molecule has 0 atom stereocenters. The van der Waals surface area contributed by atoms with E-state index in [1.807, 2.05) is 0 Å². The molecular formula is C15H20F13N2O4S+. The van der Waals surface area contributed by atoms with Crippen LogP contribution in [0.1, 0.15) is 12.8 Å². The number of likely N-dealkylation sites (N-methyl/N-ethyl adjacent to an activating group) is 1. The highest BCUT2D eigenvalue weighted by atomic mass is 32.2. The zero-order chi connectivity index (χ0) is 28.5. The van der Waals surface area contributed by atoms with Gasteiger partial charge in [-0.1, -0.05) is 0 Å². The minimum Gasteiger partial charge on any atom is -0.481 e. The fourth-order valence-electron chi connectivity index (χ4n) is 2.31. The standard InChI is InChI=1S/C15H19F13N2O4S/c1-30(2,6-3-9(31)32)7-5-29-35(33,34)8-4-10(16,17)11(18,19)12(20,21)13(22,23)14(24,25)15(26,27)28/h29H,3-8H2,1-2H3/p+1. The molecule has 0 bridgehead atoms. The van der Waals surface area contributed by atoms with Crippen molar-refractivity contribution in [3.63, 3.8) is 0 Å². The summed E-state index contributed by atoms with van der Waals surface area (Å²) in [7, 11) is -2.20. The fraction of sp³-hybridized carbons (Fsp3) is 0.933. The number of nitrogens with one attached hydrogen (secondary N) is 1. The van der Waals surface area contributed by atoms with Gasteiger partial charge in [0.05, 0.1) is 45.9 Å². The second kappa shape index (κ2) is 10.1. The molecule has 0 unspecified atom stereocenters. The van der Waals surface area contributed by atoms with Crippen molar-refractivity contribution in [2.24, 2.45) is 0 Å². The number of nitrogens with zero attached hydrogens (tertiary/aromatic N) is 1. The number of aliphatic carboxylic acids is 1. The highest BCUT2D eigenvalue weighted by Crippen LogP contribution is 2.60. The summed E-state index contributed by atoms with van der Waals surface area (Å²) in [4.78, 5) is 10.5. The number of carboxylic acids is 1. The molecule has 0 spiro atoms. The number of hydrogen-bond donors (Lipinski definition) is 2. The lowest BCUT2D eigenvalue weighted by Gasteiger charge is -2.39. The van der Waals surface area contributed by atoms with Gasteiger partial charge in [0.15, 0.2) is 0 Å². The zero-order valence-electron chi connectivity index (χ0n) is 17.7. The molecule has 0 aliphatic heterocycles. The minimum atomic E-state index is -8.05. The van der Waals surface area contributed by atoms with Gasteiger partial charge < -0.3 is 9.59 Å². The van der Waals surface area contributed by atoms with E-state index in [1.54, 1.807) is 4.72 Å². The number of sulfonamides is 1. The molecule has 0 saturated heterocycles. The summed E-state index contributed by atoms with van der Waals surface area (Å²) in [5.74, 6) is -41.3. The van der Waals surface area contributed by atoms with Crippen LogP contribution in [0.25, 0.3) is 0 Å². The molecule has 0 aromatic heterocycles. The van der Waals surface area contributed by atoms with Crippen molar-refractivity contribution in [3.05, 3.63) is 0 Å². The molecule has 6 nitrogen and oxygen atoms in total. The van der Waals surface area contributed by atoms with Crippen molar-refractivity contribution in [1.29, 1.82) is 0 Å². The molecule has 20 heteroatoms. The van der Waals surface area contributed by atoms with Gasteiger partial charge in [-0.3, -0.25) is 4.79 Å². The number of carbonyl (C=O) groups is 1. The molecule has 0 rings (SSSR count). The first kappa shape index (κ1) is 33.4. The molecule has 2 N–H and O–H groups in total. The van der Waals surface area contributed by atoms with E-state index in [9.17, 15) is 70.3 Å². The third kappa shape index (κ3) is 7.23.